The average molecular weight is 477 g/mol. The fourth-order valence-corrected chi connectivity index (χ4v) is 4.13. The maximum absolute atomic E-state index is 5.88. The molecular weight excluding hydrogens is 452 g/mol. The van der Waals surface area contributed by atoms with Gasteiger partial charge in [0, 0.05) is 41.6 Å². The van der Waals surface area contributed by atoms with E-state index in [1.54, 1.807) is 18.6 Å². The summed E-state index contributed by atoms with van der Waals surface area (Å²) in [6.45, 7) is 1.44. The fraction of sp³-hybridized carbons (Fsp3) is 0.148. The van der Waals surface area contributed by atoms with E-state index < -0.39 is 0 Å². The summed E-state index contributed by atoms with van der Waals surface area (Å²) in [5.74, 6) is 1.38. The smallest absolute Gasteiger partial charge is 0.160 e. The van der Waals surface area contributed by atoms with Gasteiger partial charge in [0.05, 0.1) is 17.4 Å². The van der Waals surface area contributed by atoms with Crippen molar-refractivity contribution in [2.24, 2.45) is 0 Å². The van der Waals surface area contributed by atoms with E-state index in [0.29, 0.717) is 18.1 Å². The van der Waals surface area contributed by atoms with Gasteiger partial charge in [-0.1, -0.05) is 12.1 Å². The van der Waals surface area contributed by atoms with E-state index in [1.807, 2.05) is 62.8 Å². The average Bonchev–Trinajstić information content (AvgIpc) is 3.53. The van der Waals surface area contributed by atoms with Crippen molar-refractivity contribution in [3.8, 4) is 39.7 Å². The quantitative estimate of drug-likeness (QED) is 0.348. The van der Waals surface area contributed by atoms with E-state index in [-0.39, 0.29) is 0 Å². The number of nitrogens with one attached hydrogen (secondary N) is 2. The van der Waals surface area contributed by atoms with Crippen LogP contribution in [-0.4, -0.2) is 67.3 Å². The molecule has 0 spiro atoms. The topological polar surface area (TPSA) is 108 Å². The molecule has 1 aromatic carbocycles. The first kappa shape index (κ1) is 21.9. The van der Waals surface area contributed by atoms with Crippen LogP contribution in [0.25, 0.3) is 56.0 Å². The second kappa shape index (κ2) is 9.20. The van der Waals surface area contributed by atoms with Gasteiger partial charge in [0.1, 0.15) is 23.6 Å². The van der Waals surface area contributed by atoms with Gasteiger partial charge in [0.2, 0.25) is 0 Å². The van der Waals surface area contributed by atoms with Crippen molar-refractivity contribution in [3.63, 3.8) is 0 Å². The third-order valence-corrected chi connectivity index (χ3v) is 5.97. The number of likely N-dealkylation sites (N-methyl/N-ethyl adjacent to an activating group) is 1. The molecule has 0 aliphatic heterocycles. The summed E-state index contributed by atoms with van der Waals surface area (Å²) in [4.78, 5) is 23.6. The Bertz CT molecular complexity index is 1660. The van der Waals surface area contributed by atoms with Crippen LogP contribution in [0.4, 0.5) is 0 Å². The maximum Gasteiger partial charge on any atom is 0.160 e. The van der Waals surface area contributed by atoms with Gasteiger partial charge >= 0.3 is 0 Å². The van der Waals surface area contributed by atoms with Crippen molar-refractivity contribution < 1.29 is 4.74 Å². The Morgan fingerprint density at radius 1 is 0.944 bits per heavy atom. The number of fused-ring (bicyclic) bond motifs is 2. The van der Waals surface area contributed by atoms with Crippen LogP contribution in [0.1, 0.15) is 0 Å². The number of pyridine rings is 3. The lowest BCUT2D eigenvalue weighted by molar-refractivity contribution is 0.261. The number of hydrogen-bond donors (Lipinski definition) is 2. The lowest BCUT2D eigenvalue weighted by Gasteiger charge is -2.11. The normalized spacial score (nSPS) is 11.5. The highest BCUT2D eigenvalue weighted by molar-refractivity contribution is 5.97. The highest BCUT2D eigenvalue weighted by Gasteiger charge is 2.17. The summed E-state index contributed by atoms with van der Waals surface area (Å²) in [7, 11) is 4.04. The van der Waals surface area contributed by atoms with E-state index in [4.69, 9.17) is 9.72 Å². The van der Waals surface area contributed by atoms with Gasteiger partial charge in [-0.15, -0.1) is 0 Å². The molecule has 5 heterocycles. The molecule has 0 atom stereocenters. The van der Waals surface area contributed by atoms with Crippen molar-refractivity contribution >= 4 is 22.1 Å². The molecule has 0 amide bonds. The Kier molecular flexibility index (Phi) is 5.59. The van der Waals surface area contributed by atoms with Crippen molar-refractivity contribution in [3.05, 3.63) is 73.3 Å². The Morgan fingerprint density at radius 3 is 2.75 bits per heavy atom. The first-order valence-electron chi connectivity index (χ1n) is 11.6. The minimum atomic E-state index is 0.601. The summed E-state index contributed by atoms with van der Waals surface area (Å²) in [6, 6.07) is 15.9. The molecule has 0 saturated heterocycles. The minimum Gasteiger partial charge on any atom is -0.491 e. The Balaban J connectivity index is 1.38. The van der Waals surface area contributed by atoms with Crippen LogP contribution in [0, 0.1) is 0 Å². The van der Waals surface area contributed by atoms with Gasteiger partial charge in [-0.3, -0.25) is 15.1 Å². The van der Waals surface area contributed by atoms with E-state index in [2.05, 4.69) is 41.1 Å². The molecule has 36 heavy (non-hydrogen) atoms. The predicted octanol–water partition coefficient (Wildman–Crippen LogP) is 4.57. The zero-order valence-corrected chi connectivity index (χ0v) is 19.9. The summed E-state index contributed by atoms with van der Waals surface area (Å²) in [5.41, 5.74) is 6.83. The number of imidazole rings is 1. The number of aromatic nitrogens is 7. The molecule has 9 heteroatoms. The highest BCUT2D eigenvalue weighted by Crippen LogP contribution is 2.32. The molecule has 178 valence electrons. The lowest BCUT2D eigenvalue weighted by atomic mass is 10.0. The second-order valence-electron chi connectivity index (χ2n) is 8.75. The number of ether oxygens (including phenoxy) is 1. The van der Waals surface area contributed by atoms with Gasteiger partial charge in [-0.2, -0.15) is 5.10 Å². The number of benzene rings is 1. The monoisotopic (exact) mass is 476 g/mol. The summed E-state index contributed by atoms with van der Waals surface area (Å²) in [6.07, 6.45) is 7.11. The number of hydrogen-bond acceptors (Lipinski definition) is 7. The lowest BCUT2D eigenvalue weighted by Crippen LogP contribution is -2.19. The minimum absolute atomic E-state index is 0.601. The molecule has 0 radical (unpaired) electrons. The fourth-order valence-electron chi connectivity index (χ4n) is 4.13. The molecule has 0 aliphatic rings. The van der Waals surface area contributed by atoms with E-state index in [0.717, 1.165) is 56.8 Å². The Morgan fingerprint density at radius 2 is 1.89 bits per heavy atom. The Labute approximate surface area is 207 Å². The van der Waals surface area contributed by atoms with Crippen LogP contribution in [0.2, 0.25) is 0 Å². The van der Waals surface area contributed by atoms with Crippen molar-refractivity contribution in [2.45, 2.75) is 0 Å². The predicted molar refractivity (Wildman–Crippen MR) is 139 cm³/mol. The Hall–Kier alpha value is -4.63. The molecule has 0 aliphatic carbocycles. The van der Waals surface area contributed by atoms with Crippen LogP contribution >= 0.6 is 0 Å². The number of rotatable bonds is 7. The molecule has 6 aromatic rings. The number of nitrogens with zero attached hydrogens (tertiary/aromatic N) is 6. The number of aromatic amines is 2. The van der Waals surface area contributed by atoms with Crippen LogP contribution in [0.5, 0.6) is 5.75 Å². The van der Waals surface area contributed by atoms with E-state index in [1.165, 1.54) is 0 Å². The second-order valence-corrected chi connectivity index (χ2v) is 8.75. The van der Waals surface area contributed by atoms with Crippen molar-refractivity contribution in [2.75, 3.05) is 27.2 Å². The molecule has 0 fully saturated rings. The third-order valence-electron chi connectivity index (χ3n) is 5.97. The summed E-state index contributed by atoms with van der Waals surface area (Å²) >= 11 is 0. The highest BCUT2D eigenvalue weighted by atomic mass is 16.5. The zero-order valence-electron chi connectivity index (χ0n) is 19.9. The van der Waals surface area contributed by atoms with Crippen molar-refractivity contribution in [1.29, 1.82) is 0 Å². The number of H-pyrrole nitrogens is 2. The van der Waals surface area contributed by atoms with Crippen LogP contribution in [0.3, 0.4) is 0 Å². The molecule has 9 nitrogen and oxygen atoms in total. The van der Waals surface area contributed by atoms with Crippen LogP contribution < -0.4 is 4.74 Å². The SMILES string of the molecule is CN(C)CCOc1cncc(-c2ccc3[nH]nc(-c4nc5c(-c6ccccn6)ccnc5[nH]4)c3c2)c1. The van der Waals surface area contributed by atoms with Gasteiger partial charge < -0.3 is 14.6 Å². The molecule has 0 unspecified atom stereocenters. The van der Waals surface area contributed by atoms with Gasteiger partial charge in [-0.25, -0.2) is 9.97 Å². The largest absolute Gasteiger partial charge is 0.491 e. The maximum atomic E-state index is 5.88. The zero-order chi connectivity index (χ0) is 24.5. The summed E-state index contributed by atoms with van der Waals surface area (Å²) < 4.78 is 5.88. The van der Waals surface area contributed by atoms with Gasteiger partial charge in [0.15, 0.2) is 11.5 Å². The van der Waals surface area contributed by atoms with E-state index >= 15 is 0 Å². The molecule has 2 N–H and O–H groups in total. The molecular formula is C27H24N8O. The van der Waals surface area contributed by atoms with Crippen LogP contribution in [-0.2, 0) is 0 Å². The third kappa shape index (κ3) is 4.16. The standard InChI is InChI=1S/C27H24N8O/c1-35(2)11-12-36-19-13-18(15-28-16-19)17-6-7-23-21(14-17)25(34-33-23)27-31-24-20(8-10-30-26(24)32-27)22-5-3-4-9-29-22/h3-10,13-16H,11-12H2,1-2H3,(H,33,34)(H,30,31,32). The first-order chi connectivity index (χ1) is 17.7. The van der Waals surface area contributed by atoms with Gasteiger partial charge in [0.25, 0.3) is 0 Å². The first-order valence-corrected chi connectivity index (χ1v) is 11.6. The molecule has 0 bridgehead atoms. The van der Waals surface area contributed by atoms with Crippen molar-refractivity contribution in [1.82, 2.24) is 40.0 Å². The molecule has 0 saturated carbocycles. The van der Waals surface area contributed by atoms with E-state index in [9.17, 15) is 0 Å². The van der Waals surface area contributed by atoms with Crippen LogP contribution in [0.15, 0.2) is 73.3 Å². The van der Waals surface area contributed by atoms with Gasteiger partial charge in [-0.05, 0) is 56.1 Å². The summed E-state index contributed by atoms with van der Waals surface area (Å²) in [5, 5.41) is 8.63. The molecule has 6 rings (SSSR count). The molecule has 5 aromatic heterocycles.